The van der Waals surface area contributed by atoms with Crippen molar-refractivity contribution in [3.05, 3.63) is 12.4 Å². The van der Waals surface area contributed by atoms with Crippen LogP contribution in [-0.4, -0.2) is 60.6 Å². The van der Waals surface area contributed by atoms with Gasteiger partial charge < -0.3 is 19.6 Å². The van der Waals surface area contributed by atoms with Crippen LogP contribution in [0.15, 0.2) is 12.4 Å². The fourth-order valence-electron chi connectivity index (χ4n) is 2.27. The molecule has 1 unspecified atom stereocenters. The minimum Gasteiger partial charge on any atom is -0.394 e. The standard InChI is InChI=1S/C13H22N4O2/c1-3-16(4-2)12-7-13(15-10-14-12)17-5-6-19-11(8-17)9-18/h7,10-11,18H,3-6,8-9H2,1-2H3. The predicted molar refractivity (Wildman–Crippen MR) is 74.6 cm³/mol. The zero-order chi connectivity index (χ0) is 13.7. The van der Waals surface area contributed by atoms with E-state index in [1.54, 1.807) is 6.33 Å². The molecule has 6 nitrogen and oxygen atoms in total. The van der Waals surface area contributed by atoms with E-state index in [2.05, 4.69) is 33.6 Å². The number of aliphatic hydroxyl groups excluding tert-OH is 1. The zero-order valence-electron chi connectivity index (χ0n) is 11.6. The molecule has 0 radical (unpaired) electrons. The second kappa shape index (κ2) is 6.68. The van der Waals surface area contributed by atoms with Gasteiger partial charge in [-0.2, -0.15) is 0 Å². The summed E-state index contributed by atoms with van der Waals surface area (Å²) in [5.41, 5.74) is 0. The Morgan fingerprint density at radius 3 is 2.89 bits per heavy atom. The van der Waals surface area contributed by atoms with Crippen LogP contribution in [0.3, 0.4) is 0 Å². The molecule has 1 aliphatic rings. The van der Waals surface area contributed by atoms with E-state index < -0.39 is 0 Å². The summed E-state index contributed by atoms with van der Waals surface area (Å²) in [6.07, 6.45) is 1.48. The van der Waals surface area contributed by atoms with Crippen molar-refractivity contribution in [1.29, 1.82) is 0 Å². The molecular weight excluding hydrogens is 244 g/mol. The van der Waals surface area contributed by atoms with Crippen LogP contribution in [0.4, 0.5) is 11.6 Å². The average molecular weight is 266 g/mol. The normalized spacial score (nSPS) is 19.5. The molecule has 0 amide bonds. The first-order chi connectivity index (χ1) is 9.28. The molecule has 1 fully saturated rings. The summed E-state index contributed by atoms with van der Waals surface area (Å²) in [6, 6.07) is 2.01. The first-order valence-corrected chi connectivity index (χ1v) is 6.82. The van der Waals surface area contributed by atoms with Gasteiger partial charge in [0, 0.05) is 32.2 Å². The first-order valence-electron chi connectivity index (χ1n) is 6.82. The SMILES string of the molecule is CCN(CC)c1cc(N2CCOC(CO)C2)ncn1. The largest absolute Gasteiger partial charge is 0.394 e. The van der Waals surface area contributed by atoms with Gasteiger partial charge in [-0.1, -0.05) is 0 Å². The summed E-state index contributed by atoms with van der Waals surface area (Å²) in [4.78, 5) is 13.0. The molecule has 19 heavy (non-hydrogen) atoms. The molecule has 6 heteroatoms. The molecule has 0 aromatic carbocycles. The zero-order valence-corrected chi connectivity index (χ0v) is 11.6. The third-order valence-electron chi connectivity index (χ3n) is 3.39. The van der Waals surface area contributed by atoms with Crippen LogP contribution in [0, 0.1) is 0 Å². The lowest BCUT2D eigenvalue weighted by Gasteiger charge is -2.33. The molecule has 2 rings (SSSR count). The van der Waals surface area contributed by atoms with Crippen LogP contribution in [0.2, 0.25) is 0 Å². The highest BCUT2D eigenvalue weighted by molar-refractivity contribution is 5.50. The Kier molecular flexibility index (Phi) is 4.93. The number of rotatable bonds is 5. The Morgan fingerprint density at radius 1 is 1.42 bits per heavy atom. The molecule has 0 spiro atoms. The lowest BCUT2D eigenvalue weighted by atomic mass is 10.3. The molecule has 0 bridgehead atoms. The van der Waals surface area contributed by atoms with Gasteiger partial charge in [0.15, 0.2) is 0 Å². The maximum absolute atomic E-state index is 9.18. The summed E-state index contributed by atoms with van der Waals surface area (Å²) >= 11 is 0. The summed E-state index contributed by atoms with van der Waals surface area (Å²) < 4.78 is 5.45. The van der Waals surface area contributed by atoms with E-state index in [0.717, 1.165) is 31.3 Å². The molecule has 1 atom stereocenters. The predicted octanol–water partition coefficient (Wildman–Crippen LogP) is 0.520. The van der Waals surface area contributed by atoms with E-state index in [4.69, 9.17) is 4.74 Å². The van der Waals surface area contributed by atoms with Gasteiger partial charge in [-0.3, -0.25) is 0 Å². The van der Waals surface area contributed by atoms with Crippen molar-refractivity contribution in [2.24, 2.45) is 0 Å². The maximum atomic E-state index is 9.18. The number of anilines is 2. The van der Waals surface area contributed by atoms with E-state index in [1.807, 2.05) is 6.07 Å². The Bertz CT molecular complexity index is 398. The van der Waals surface area contributed by atoms with Gasteiger partial charge in [0.2, 0.25) is 0 Å². The van der Waals surface area contributed by atoms with Crippen molar-refractivity contribution in [2.75, 3.05) is 49.2 Å². The second-order valence-corrected chi connectivity index (χ2v) is 4.53. The molecule has 106 valence electrons. The lowest BCUT2D eigenvalue weighted by Crippen LogP contribution is -2.44. The fourth-order valence-corrected chi connectivity index (χ4v) is 2.27. The van der Waals surface area contributed by atoms with Crippen molar-refractivity contribution >= 4 is 11.6 Å². The van der Waals surface area contributed by atoms with Crippen LogP contribution in [0.1, 0.15) is 13.8 Å². The molecule has 0 aliphatic carbocycles. The molecule has 1 aromatic rings. The third kappa shape index (κ3) is 3.33. The second-order valence-electron chi connectivity index (χ2n) is 4.53. The van der Waals surface area contributed by atoms with Crippen LogP contribution in [0.5, 0.6) is 0 Å². The Hall–Kier alpha value is -1.40. The molecule has 1 N–H and O–H groups in total. The van der Waals surface area contributed by atoms with Crippen LogP contribution < -0.4 is 9.80 Å². The number of aromatic nitrogens is 2. The third-order valence-corrected chi connectivity index (χ3v) is 3.39. The first kappa shape index (κ1) is 14.0. The van der Waals surface area contributed by atoms with Gasteiger partial charge in [-0.05, 0) is 13.8 Å². The van der Waals surface area contributed by atoms with Crippen molar-refractivity contribution in [2.45, 2.75) is 20.0 Å². The van der Waals surface area contributed by atoms with Gasteiger partial charge in [0.25, 0.3) is 0 Å². The average Bonchev–Trinajstić information content (AvgIpc) is 2.49. The van der Waals surface area contributed by atoms with Crippen molar-refractivity contribution in [1.82, 2.24) is 9.97 Å². The number of hydrogen-bond donors (Lipinski definition) is 1. The van der Waals surface area contributed by atoms with E-state index in [-0.39, 0.29) is 12.7 Å². The highest BCUT2D eigenvalue weighted by Crippen LogP contribution is 2.19. The molecule has 2 heterocycles. The maximum Gasteiger partial charge on any atom is 0.134 e. The highest BCUT2D eigenvalue weighted by Gasteiger charge is 2.21. The minimum atomic E-state index is -0.124. The number of morpholine rings is 1. The topological polar surface area (TPSA) is 61.7 Å². The van der Waals surface area contributed by atoms with E-state index in [0.29, 0.717) is 13.2 Å². The van der Waals surface area contributed by atoms with Crippen molar-refractivity contribution in [3.63, 3.8) is 0 Å². The molecule has 1 aliphatic heterocycles. The van der Waals surface area contributed by atoms with Crippen LogP contribution >= 0.6 is 0 Å². The smallest absolute Gasteiger partial charge is 0.134 e. The van der Waals surface area contributed by atoms with Gasteiger partial charge in [-0.15, -0.1) is 0 Å². The monoisotopic (exact) mass is 266 g/mol. The quantitative estimate of drug-likeness (QED) is 0.838. The van der Waals surface area contributed by atoms with Crippen LogP contribution in [0.25, 0.3) is 0 Å². The summed E-state index contributed by atoms with van der Waals surface area (Å²) in [6.45, 7) is 8.21. The molecule has 1 aromatic heterocycles. The summed E-state index contributed by atoms with van der Waals surface area (Å²) in [5.74, 6) is 1.85. The Balaban J connectivity index is 2.13. The molecule has 0 saturated carbocycles. The van der Waals surface area contributed by atoms with Gasteiger partial charge in [-0.25, -0.2) is 9.97 Å². The molecule has 1 saturated heterocycles. The van der Waals surface area contributed by atoms with E-state index >= 15 is 0 Å². The Labute approximate surface area is 114 Å². The number of hydrogen-bond acceptors (Lipinski definition) is 6. The number of aliphatic hydroxyl groups is 1. The highest BCUT2D eigenvalue weighted by atomic mass is 16.5. The lowest BCUT2D eigenvalue weighted by molar-refractivity contribution is 0.00336. The van der Waals surface area contributed by atoms with Crippen molar-refractivity contribution in [3.8, 4) is 0 Å². The van der Waals surface area contributed by atoms with Gasteiger partial charge >= 0.3 is 0 Å². The minimum absolute atomic E-state index is 0.0461. The summed E-state index contributed by atoms with van der Waals surface area (Å²) in [5, 5.41) is 9.18. The molecular formula is C13H22N4O2. The van der Waals surface area contributed by atoms with Gasteiger partial charge in [0.1, 0.15) is 18.0 Å². The van der Waals surface area contributed by atoms with E-state index in [1.165, 1.54) is 0 Å². The number of ether oxygens (including phenoxy) is 1. The van der Waals surface area contributed by atoms with Crippen LogP contribution in [-0.2, 0) is 4.74 Å². The van der Waals surface area contributed by atoms with Crippen molar-refractivity contribution < 1.29 is 9.84 Å². The Morgan fingerprint density at radius 2 is 2.21 bits per heavy atom. The van der Waals surface area contributed by atoms with Gasteiger partial charge in [0.05, 0.1) is 19.3 Å². The summed E-state index contributed by atoms with van der Waals surface area (Å²) in [7, 11) is 0. The number of nitrogens with zero attached hydrogens (tertiary/aromatic N) is 4. The fraction of sp³-hybridized carbons (Fsp3) is 0.692. The van der Waals surface area contributed by atoms with E-state index in [9.17, 15) is 5.11 Å².